The highest BCUT2D eigenvalue weighted by atomic mass is 35.5. The summed E-state index contributed by atoms with van der Waals surface area (Å²) in [6.45, 7) is 7.27. The van der Waals surface area contributed by atoms with E-state index in [0.717, 1.165) is 17.3 Å². The Labute approximate surface area is 146 Å². The molecule has 0 saturated heterocycles. The van der Waals surface area contributed by atoms with Gasteiger partial charge in [0.15, 0.2) is 5.96 Å². The number of alkyl carbamates (subject to hydrolysis) is 1. The molecule has 0 bridgehead atoms. The highest BCUT2D eigenvalue weighted by Crippen LogP contribution is 2.21. The van der Waals surface area contributed by atoms with E-state index < -0.39 is 11.7 Å². The molecule has 6 nitrogen and oxygen atoms in total. The molecule has 0 saturated carbocycles. The number of aliphatic imine (C=N–C) groups is 1. The number of rotatable bonds is 6. The summed E-state index contributed by atoms with van der Waals surface area (Å²) in [7, 11) is 1.71. The quantitative estimate of drug-likeness (QED) is 0.414. The number of carbonyl (C=O) groups is 1. The molecule has 0 spiro atoms. The van der Waals surface area contributed by atoms with Crippen LogP contribution in [0.4, 0.5) is 4.79 Å². The Morgan fingerprint density at radius 2 is 1.87 bits per heavy atom. The maximum atomic E-state index is 11.5. The van der Waals surface area contributed by atoms with Crippen molar-refractivity contribution in [3.05, 3.63) is 21.3 Å². The van der Waals surface area contributed by atoms with Gasteiger partial charge in [0.1, 0.15) is 5.60 Å². The minimum atomic E-state index is -0.486. The molecule has 0 unspecified atom stereocenters. The largest absolute Gasteiger partial charge is 0.444 e. The van der Waals surface area contributed by atoms with E-state index in [1.807, 2.05) is 32.9 Å². The fourth-order valence-electron chi connectivity index (χ4n) is 1.67. The highest BCUT2D eigenvalue weighted by molar-refractivity contribution is 7.16. The van der Waals surface area contributed by atoms with Crippen LogP contribution in [0.1, 0.15) is 25.6 Å². The summed E-state index contributed by atoms with van der Waals surface area (Å²) in [6, 6.07) is 3.92. The van der Waals surface area contributed by atoms with Gasteiger partial charge in [0.2, 0.25) is 0 Å². The average Bonchev–Trinajstić information content (AvgIpc) is 2.85. The number of hydrogen-bond donors (Lipinski definition) is 3. The summed E-state index contributed by atoms with van der Waals surface area (Å²) in [5.41, 5.74) is -0.486. The SMILES string of the molecule is CN=C(NCCNC(=O)OC(C)(C)C)NCCc1ccc(Cl)s1. The van der Waals surface area contributed by atoms with Crippen LogP contribution in [0.25, 0.3) is 0 Å². The van der Waals surface area contributed by atoms with Crippen LogP contribution in [0.3, 0.4) is 0 Å². The number of nitrogens with zero attached hydrogens (tertiary/aromatic N) is 1. The standard InChI is InChI=1S/C15H25ClN4O2S/c1-15(2,3)22-14(21)20-10-9-19-13(17-4)18-8-7-11-5-6-12(16)23-11/h5-6H,7-10H2,1-4H3,(H,20,21)(H2,17,18,19). The molecule has 0 aliphatic heterocycles. The third-order valence-electron chi connectivity index (χ3n) is 2.60. The zero-order valence-electron chi connectivity index (χ0n) is 14.0. The van der Waals surface area contributed by atoms with Crippen molar-refractivity contribution in [1.29, 1.82) is 0 Å². The minimum absolute atomic E-state index is 0.420. The molecule has 0 aromatic carbocycles. The van der Waals surface area contributed by atoms with Crippen molar-refractivity contribution in [2.75, 3.05) is 26.7 Å². The zero-order chi connectivity index (χ0) is 17.3. The fourth-order valence-corrected chi connectivity index (χ4v) is 2.76. The van der Waals surface area contributed by atoms with Gasteiger partial charge in [-0.2, -0.15) is 0 Å². The Morgan fingerprint density at radius 1 is 1.22 bits per heavy atom. The van der Waals surface area contributed by atoms with Gasteiger partial charge in [0, 0.05) is 31.6 Å². The Kier molecular flexibility index (Phi) is 8.19. The first-order valence-corrected chi connectivity index (χ1v) is 8.65. The summed E-state index contributed by atoms with van der Waals surface area (Å²) in [4.78, 5) is 16.8. The van der Waals surface area contributed by atoms with Gasteiger partial charge in [-0.3, -0.25) is 4.99 Å². The third-order valence-corrected chi connectivity index (χ3v) is 3.89. The number of thiophene rings is 1. The van der Waals surface area contributed by atoms with E-state index in [1.54, 1.807) is 18.4 Å². The minimum Gasteiger partial charge on any atom is -0.444 e. The summed E-state index contributed by atoms with van der Waals surface area (Å²) in [5.74, 6) is 0.693. The summed E-state index contributed by atoms with van der Waals surface area (Å²) < 4.78 is 5.96. The third kappa shape index (κ3) is 9.30. The van der Waals surface area contributed by atoms with Crippen molar-refractivity contribution in [2.45, 2.75) is 32.8 Å². The van der Waals surface area contributed by atoms with Gasteiger partial charge >= 0.3 is 6.09 Å². The van der Waals surface area contributed by atoms with E-state index in [0.29, 0.717) is 19.0 Å². The van der Waals surface area contributed by atoms with E-state index in [1.165, 1.54) is 4.88 Å². The summed E-state index contributed by atoms with van der Waals surface area (Å²) in [6.07, 6.45) is 0.464. The van der Waals surface area contributed by atoms with E-state index in [4.69, 9.17) is 16.3 Å². The van der Waals surface area contributed by atoms with Gasteiger partial charge < -0.3 is 20.7 Å². The van der Waals surface area contributed by atoms with Gasteiger partial charge in [-0.1, -0.05) is 11.6 Å². The molecule has 8 heteroatoms. The first-order valence-electron chi connectivity index (χ1n) is 7.46. The van der Waals surface area contributed by atoms with E-state index in [2.05, 4.69) is 20.9 Å². The van der Waals surface area contributed by atoms with Crippen molar-refractivity contribution >= 4 is 35.0 Å². The summed E-state index contributed by atoms with van der Waals surface area (Å²) >= 11 is 7.48. The number of hydrogen-bond acceptors (Lipinski definition) is 4. The number of halogens is 1. The zero-order valence-corrected chi connectivity index (χ0v) is 15.6. The second kappa shape index (κ2) is 9.62. The Balaban J connectivity index is 2.15. The normalized spacial score (nSPS) is 12.0. The lowest BCUT2D eigenvalue weighted by Gasteiger charge is -2.19. The molecule has 1 heterocycles. The fraction of sp³-hybridized carbons (Fsp3) is 0.600. The van der Waals surface area contributed by atoms with Crippen LogP contribution in [-0.2, 0) is 11.2 Å². The molecule has 0 aliphatic carbocycles. The van der Waals surface area contributed by atoms with Crippen molar-refractivity contribution in [3.63, 3.8) is 0 Å². The maximum absolute atomic E-state index is 11.5. The van der Waals surface area contributed by atoms with Crippen LogP contribution >= 0.6 is 22.9 Å². The molecule has 1 amide bonds. The molecule has 0 atom stereocenters. The number of ether oxygens (including phenoxy) is 1. The summed E-state index contributed by atoms with van der Waals surface area (Å²) in [5, 5.41) is 9.02. The Bertz CT molecular complexity index is 526. The van der Waals surface area contributed by atoms with Crippen LogP contribution in [0.2, 0.25) is 4.34 Å². The Morgan fingerprint density at radius 3 is 2.43 bits per heavy atom. The van der Waals surface area contributed by atoms with Crippen molar-refractivity contribution in [2.24, 2.45) is 4.99 Å². The highest BCUT2D eigenvalue weighted by Gasteiger charge is 2.15. The lowest BCUT2D eigenvalue weighted by atomic mass is 10.2. The number of amides is 1. The second-order valence-electron chi connectivity index (χ2n) is 5.81. The molecular formula is C15H25ClN4O2S. The molecule has 3 N–H and O–H groups in total. The first-order chi connectivity index (χ1) is 10.8. The topological polar surface area (TPSA) is 74.8 Å². The van der Waals surface area contributed by atoms with Crippen molar-refractivity contribution < 1.29 is 9.53 Å². The molecule has 1 aromatic rings. The van der Waals surface area contributed by atoms with E-state index in [-0.39, 0.29) is 0 Å². The van der Waals surface area contributed by atoms with Gasteiger partial charge in [-0.25, -0.2) is 4.79 Å². The smallest absolute Gasteiger partial charge is 0.407 e. The number of nitrogens with one attached hydrogen (secondary N) is 3. The van der Waals surface area contributed by atoms with Gasteiger partial charge in [-0.05, 0) is 39.3 Å². The lowest BCUT2D eigenvalue weighted by molar-refractivity contribution is 0.0529. The second-order valence-corrected chi connectivity index (χ2v) is 7.61. The Hall–Kier alpha value is -1.47. The van der Waals surface area contributed by atoms with Crippen LogP contribution < -0.4 is 16.0 Å². The molecule has 0 fully saturated rings. The average molecular weight is 361 g/mol. The van der Waals surface area contributed by atoms with E-state index in [9.17, 15) is 4.79 Å². The van der Waals surface area contributed by atoms with Gasteiger partial charge in [-0.15, -0.1) is 11.3 Å². The van der Waals surface area contributed by atoms with Crippen molar-refractivity contribution in [3.8, 4) is 0 Å². The molecule has 0 radical (unpaired) electrons. The molecule has 0 aliphatic rings. The monoisotopic (exact) mass is 360 g/mol. The van der Waals surface area contributed by atoms with Crippen LogP contribution in [-0.4, -0.2) is 44.3 Å². The maximum Gasteiger partial charge on any atom is 0.407 e. The van der Waals surface area contributed by atoms with Crippen molar-refractivity contribution in [1.82, 2.24) is 16.0 Å². The predicted octanol–water partition coefficient (Wildman–Crippen LogP) is 2.63. The van der Waals surface area contributed by atoms with Gasteiger partial charge in [0.05, 0.1) is 4.34 Å². The molecule has 23 heavy (non-hydrogen) atoms. The van der Waals surface area contributed by atoms with E-state index >= 15 is 0 Å². The molecular weight excluding hydrogens is 336 g/mol. The lowest BCUT2D eigenvalue weighted by Crippen LogP contribution is -2.42. The van der Waals surface area contributed by atoms with Crippen LogP contribution in [0.5, 0.6) is 0 Å². The molecule has 1 rings (SSSR count). The number of carbonyl (C=O) groups excluding carboxylic acids is 1. The van der Waals surface area contributed by atoms with Crippen LogP contribution in [0, 0.1) is 0 Å². The first kappa shape index (κ1) is 19.6. The molecule has 1 aromatic heterocycles. The predicted molar refractivity (Wildman–Crippen MR) is 96.6 cm³/mol. The number of guanidine groups is 1. The van der Waals surface area contributed by atoms with Gasteiger partial charge in [0.25, 0.3) is 0 Å². The van der Waals surface area contributed by atoms with Crippen LogP contribution in [0.15, 0.2) is 17.1 Å². The molecule has 130 valence electrons.